The smallest absolute Gasteiger partial charge is 0.271 e. The van der Waals surface area contributed by atoms with Crippen molar-refractivity contribution in [2.24, 2.45) is 0 Å². The molecule has 2 aromatic heterocycles. The Balaban J connectivity index is 1.43. The largest absolute Gasteiger partial charge is 0.378 e. The fourth-order valence-electron chi connectivity index (χ4n) is 2.86. The van der Waals surface area contributed by atoms with E-state index in [-0.39, 0.29) is 5.91 Å². The van der Waals surface area contributed by atoms with E-state index in [4.69, 9.17) is 4.74 Å². The van der Waals surface area contributed by atoms with Crippen molar-refractivity contribution in [2.75, 3.05) is 31.2 Å². The number of nitrogens with zero attached hydrogens (tertiary/aromatic N) is 4. The van der Waals surface area contributed by atoms with E-state index in [1.54, 1.807) is 0 Å². The van der Waals surface area contributed by atoms with Crippen LogP contribution < -0.4 is 10.2 Å². The summed E-state index contributed by atoms with van der Waals surface area (Å²) in [5.41, 5.74) is 2.57. The molecule has 0 unspecified atom stereocenters. The van der Waals surface area contributed by atoms with Crippen molar-refractivity contribution in [1.82, 2.24) is 20.3 Å². The molecule has 0 spiro atoms. The van der Waals surface area contributed by atoms with Crippen molar-refractivity contribution >= 4 is 22.8 Å². The van der Waals surface area contributed by atoms with Gasteiger partial charge in [-0.05, 0) is 24.3 Å². The molecule has 7 nitrogen and oxygen atoms in total. The minimum absolute atomic E-state index is 0.262. The van der Waals surface area contributed by atoms with E-state index in [0.29, 0.717) is 31.0 Å². The van der Waals surface area contributed by atoms with Crippen LogP contribution in [0.2, 0.25) is 0 Å². The number of benzene rings is 1. The van der Waals surface area contributed by atoms with Gasteiger partial charge in [-0.3, -0.25) is 9.78 Å². The first-order valence-electron chi connectivity index (χ1n) is 8.58. The monoisotopic (exact) mass is 349 g/mol. The quantitative estimate of drug-likeness (QED) is 0.773. The predicted octanol–water partition coefficient (Wildman–Crippen LogP) is 1.79. The normalized spacial score (nSPS) is 14.4. The SMILES string of the molecule is O=C(NCc1cccc(N2CCOCC2)n1)c1cnc2ccccc2n1. The molecule has 0 aliphatic carbocycles. The zero-order chi connectivity index (χ0) is 17.8. The molecule has 1 aliphatic heterocycles. The average Bonchev–Trinajstić information content (AvgIpc) is 2.72. The highest BCUT2D eigenvalue weighted by atomic mass is 16.5. The highest BCUT2D eigenvalue weighted by molar-refractivity contribution is 5.93. The Bertz CT molecular complexity index is 924. The number of amides is 1. The van der Waals surface area contributed by atoms with Crippen molar-refractivity contribution < 1.29 is 9.53 Å². The summed E-state index contributed by atoms with van der Waals surface area (Å²) in [7, 11) is 0. The molecule has 1 amide bonds. The minimum atomic E-state index is -0.262. The second-order valence-corrected chi connectivity index (χ2v) is 6.01. The van der Waals surface area contributed by atoms with Gasteiger partial charge in [0.05, 0.1) is 42.7 Å². The van der Waals surface area contributed by atoms with Crippen LogP contribution in [0.4, 0.5) is 5.82 Å². The molecule has 0 atom stereocenters. The van der Waals surface area contributed by atoms with Crippen LogP contribution in [0.5, 0.6) is 0 Å². The zero-order valence-electron chi connectivity index (χ0n) is 14.3. The maximum atomic E-state index is 12.4. The first-order chi connectivity index (χ1) is 12.8. The van der Waals surface area contributed by atoms with E-state index in [1.165, 1.54) is 6.20 Å². The van der Waals surface area contributed by atoms with Gasteiger partial charge in [-0.2, -0.15) is 0 Å². The average molecular weight is 349 g/mol. The third-order valence-electron chi connectivity index (χ3n) is 4.24. The Morgan fingerprint density at radius 3 is 2.69 bits per heavy atom. The van der Waals surface area contributed by atoms with Gasteiger partial charge in [0.15, 0.2) is 0 Å². The number of morpholine rings is 1. The molecular formula is C19H19N5O2. The van der Waals surface area contributed by atoms with E-state index in [2.05, 4.69) is 25.2 Å². The molecule has 132 valence electrons. The molecule has 7 heteroatoms. The fraction of sp³-hybridized carbons (Fsp3) is 0.263. The maximum Gasteiger partial charge on any atom is 0.271 e. The Hall–Kier alpha value is -3.06. The lowest BCUT2D eigenvalue weighted by atomic mass is 10.3. The summed E-state index contributed by atoms with van der Waals surface area (Å²) in [4.78, 5) is 27.8. The van der Waals surface area contributed by atoms with Gasteiger partial charge in [-0.1, -0.05) is 18.2 Å². The maximum absolute atomic E-state index is 12.4. The highest BCUT2D eigenvalue weighted by Gasteiger charge is 2.13. The van der Waals surface area contributed by atoms with Gasteiger partial charge < -0.3 is 15.0 Å². The Morgan fingerprint density at radius 2 is 1.85 bits per heavy atom. The summed E-state index contributed by atoms with van der Waals surface area (Å²) in [6.45, 7) is 3.42. The molecule has 0 radical (unpaired) electrons. The molecule has 1 aliphatic rings. The first-order valence-corrected chi connectivity index (χ1v) is 8.58. The fourth-order valence-corrected chi connectivity index (χ4v) is 2.86. The van der Waals surface area contributed by atoms with Gasteiger partial charge in [0.2, 0.25) is 0 Å². The van der Waals surface area contributed by atoms with Gasteiger partial charge >= 0.3 is 0 Å². The third-order valence-corrected chi connectivity index (χ3v) is 4.24. The predicted molar refractivity (Wildman–Crippen MR) is 98.0 cm³/mol. The molecule has 1 fully saturated rings. The number of aromatic nitrogens is 3. The number of ether oxygens (including phenoxy) is 1. The number of para-hydroxylation sites is 2. The first kappa shape index (κ1) is 16.4. The van der Waals surface area contributed by atoms with Crippen LogP contribution in [0.15, 0.2) is 48.7 Å². The number of hydrogen-bond donors (Lipinski definition) is 1. The number of rotatable bonds is 4. The second-order valence-electron chi connectivity index (χ2n) is 6.01. The van der Waals surface area contributed by atoms with Crippen LogP contribution in [-0.4, -0.2) is 47.2 Å². The van der Waals surface area contributed by atoms with E-state index in [1.807, 2.05) is 42.5 Å². The minimum Gasteiger partial charge on any atom is -0.378 e. The van der Waals surface area contributed by atoms with Gasteiger partial charge in [-0.15, -0.1) is 0 Å². The summed E-state index contributed by atoms with van der Waals surface area (Å²) in [6, 6.07) is 13.3. The third kappa shape index (κ3) is 3.62. The van der Waals surface area contributed by atoms with Gasteiger partial charge in [-0.25, -0.2) is 9.97 Å². The van der Waals surface area contributed by atoms with Crippen LogP contribution in [0.3, 0.4) is 0 Å². The number of nitrogens with one attached hydrogen (secondary N) is 1. The molecule has 26 heavy (non-hydrogen) atoms. The summed E-state index contributed by atoms with van der Waals surface area (Å²) in [6.07, 6.45) is 1.50. The molecule has 3 aromatic rings. The van der Waals surface area contributed by atoms with Crippen molar-refractivity contribution in [3.8, 4) is 0 Å². The topological polar surface area (TPSA) is 80.2 Å². The number of fused-ring (bicyclic) bond motifs is 1. The summed E-state index contributed by atoms with van der Waals surface area (Å²) in [5.74, 6) is 0.646. The van der Waals surface area contributed by atoms with E-state index in [0.717, 1.165) is 30.1 Å². The standard InChI is InChI=1S/C19H19N5O2/c25-19(17-13-20-15-5-1-2-6-16(15)23-17)21-12-14-4-3-7-18(22-14)24-8-10-26-11-9-24/h1-7,13H,8-12H2,(H,21,25). The summed E-state index contributed by atoms with van der Waals surface area (Å²) in [5, 5.41) is 2.86. The lowest BCUT2D eigenvalue weighted by Crippen LogP contribution is -2.37. The molecule has 3 heterocycles. The van der Waals surface area contributed by atoms with Crippen LogP contribution in [-0.2, 0) is 11.3 Å². The molecular weight excluding hydrogens is 330 g/mol. The number of anilines is 1. The molecule has 0 bridgehead atoms. The second kappa shape index (κ2) is 7.45. The molecule has 1 aromatic carbocycles. The number of carbonyl (C=O) groups is 1. The summed E-state index contributed by atoms with van der Waals surface area (Å²) < 4.78 is 5.37. The van der Waals surface area contributed by atoms with Crippen LogP contribution in [0, 0.1) is 0 Å². The van der Waals surface area contributed by atoms with Crippen molar-refractivity contribution in [2.45, 2.75) is 6.54 Å². The zero-order valence-corrected chi connectivity index (χ0v) is 14.3. The number of pyridine rings is 1. The van der Waals surface area contributed by atoms with E-state index < -0.39 is 0 Å². The Kier molecular flexibility index (Phi) is 4.70. The number of hydrogen-bond acceptors (Lipinski definition) is 6. The van der Waals surface area contributed by atoms with Gasteiger partial charge in [0.1, 0.15) is 11.5 Å². The van der Waals surface area contributed by atoms with Gasteiger partial charge in [0.25, 0.3) is 5.91 Å². The lowest BCUT2D eigenvalue weighted by molar-refractivity contribution is 0.0945. The van der Waals surface area contributed by atoms with E-state index >= 15 is 0 Å². The number of carbonyl (C=O) groups excluding carboxylic acids is 1. The van der Waals surface area contributed by atoms with Crippen LogP contribution >= 0.6 is 0 Å². The molecule has 1 N–H and O–H groups in total. The van der Waals surface area contributed by atoms with Crippen LogP contribution in [0.25, 0.3) is 11.0 Å². The Labute approximate surface area is 151 Å². The summed E-state index contributed by atoms with van der Waals surface area (Å²) >= 11 is 0. The highest BCUT2D eigenvalue weighted by Crippen LogP contribution is 2.13. The molecule has 0 saturated carbocycles. The van der Waals surface area contributed by atoms with Crippen molar-refractivity contribution in [3.05, 3.63) is 60.0 Å². The molecule has 1 saturated heterocycles. The van der Waals surface area contributed by atoms with Crippen molar-refractivity contribution in [3.63, 3.8) is 0 Å². The van der Waals surface area contributed by atoms with Crippen molar-refractivity contribution in [1.29, 1.82) is 0 Å². The van der Waals surface area contributed by atoms with E-state index in [9.17, 15) is 4.79 Å². The van der Waals surface area contributed by atoms with Crippen LogP contribution in [0.1, 0.15) is 16.2 Å². The Morgan fingerprint density at radius 1 is 1.04 bits per heavy atom. The molecule has 4 rings (SSSR count). The van der Waals surface area contributed by atoms with Gasteiger partial charge in [0, 0.05) is 13.1 Å². The lowest BCUT2D eigenvalue weighted by Gasteiger charge is -2.28.